The lowest BCUT2D eigenvalue weighted by atomic mass is 9.56. The summed E-state index contributed by atoms with van der Waals surface area (Å²) in [4.78, 5) is 10.9. The smallest absolute Gasteiger partial charge is 0.131 e. The van der Waals surface area contributed by atoms with E-state index in [1.165, 1.54) is 62.0 Å². The number of benzene rings is 1. The van der Waals surface area contributed by atoms with Gasteiger partial charge in [-0.15, -0.1) is 11.8 Å². The standard InChI is InChI=1S/C64H79N3SSi/c1-39(2)31-44-33-54-46-27-16-17-28-47(46)58-51(37-64(58,6)65(54)38-56(44)69(7,8)9)60-61-57(50-32-42-25-20-26-43(42)34-55(50)68-61)62-66(52-29-18-19-30-53(52)67(60)62)59-48(40-21-12-10-13-22-40)35-45(63(3,4)5)36-49(59)41-23-14-11-15-24-41/h10-15,17-21,23,25,28-30,32,34,37,39-41,44-45,48,50,54-56,58,60,62H,16,22,24,26-27,31,33,35-36,38H2,1-9H3. The zero-order valence-electron chi connectivity index (χ0n) is 43.3. The van der Waals surface area contributed by atoms with E-state index in [-0.39, 0.29) is 23.2 Å². The van der Waals surface area contributed by atoms with Gasteiger partial charge in [-0.05, 0) is 150 Å². The molecule has 69 heavy (non-hydrogen) atoms. The summed E-state index contributed by atoms with van der Waals surface area (Å²) in [7, 11) is -1.44. The predicted octanol–water partition coefficient (Wildman–Crippen LogP) is 15.8. The van der Waals surface area contributed by atoms with Crippen molar-refractivity contribution in [1.82, 2.24) is 4.90 Å². The number of piperidine rings is 1. The summed E-state index contributed by atoms with van der Waals surface area (Å²) < 4.78 is 0. The number of fused-ring (bicyclic) bond motifs is 12. The van der Waals surface area contributed by atoms with Crippen LogP contribution in [-0.2, 0) is 0 Å². The molecule has 7 aliphatic carbocycles. The van der Waals surface area contributed by atoms with Gasteiger partial charge in [0.25, 0.3) is 0 Å². The molecule has 1 aromatic rings. The Hall–Kier alpha value is -3.77. The lowest BCUT2D eigenvalue weighted by Crippen LogP contribution is -2.69. The van der Waals surface area contributed by atoms with Gasteiger partial charge in [0.15, 0.2) is 0 Å². The number of nitrogens with zero attached hydrogens (tertiary/aromatic N) is 3. The molecule has 0 bridgehead atoms. The summed E-state index contributed by atoms with van der Waals surface area (Å²) in [6.45, 7) is 24.5. The van der Waals surface area contributed by atoms with Gasteiger partial charge in [-0.1, -0.05) is 158 Å². The summed E-state index contributed by atoms with van der Waals surface area (Å²) in [5, 5.41) is 0.451. The molecule has 0 amide bonds. The highest BCUT2D eigenvalue weighted by Gasteiger charge is 2.65. The molecule has 0 spiro atoms. The van der Waals surface area contributed by atoms with Crippen LogP contribution in [0.3, 0.4) is 0 Å². The molecule has 13 atom stereocenters. The summed E-state index contributed by atoms with van der Waals surface area (Å²) in [6.07, 6.45) is 48.8. The van der Waals surface area contributed by atoms with E-state index in [2.05, 4.69) is 203 Å². The van der Waals surface area contributed by atoms with E-state index in [1.807, 2.05) is 0 Å². The SMILES string of the molecule is CC(C)CC1CC2C3=C(C=CCC3)C3C(C4C5=C(C6C=C7C=CCC7=CC6S5)C5N(C6=C(C7C=CC=CC7)CC(C(C)(C)C)CC6C6C=CC=CC6)c6ccccc6N45)=CC3(C)N2CC1[Si](C)(C)C. The predicted molar refractivity (Wildman–Crippen MR) is 297 cm³/mol. The Morgan fingerprint density at radius 2 is 1.68 bits per heavy atom. The minimum atomic E-state index is -1.44. The van der Waals surface area contributed by atoms with Crippen molar-refractivity contribution in [3.63, 3.8) is 0 Å². The number of allylic oxidation sites excluding steroid dienone is 17. The van der Waals surface area contributed by atoms with Gasteiger partial charge in [-0.3, -0.25) is 4.90 Å². The van der Waals surface area contributed by atoms with Crippen LogP contribution in [-0.4, -0.2) is 48.6 Å². The van der Waals surface area contributed by atoms with E-state index in [9.17, 15) is 0 Å². The zero-order chi connectivity index (χ0) is 47.3. The number of hydrogen-bond acceptors (Lipinski definition) is 4. The number of thioether (sulfide) groups is 1. The lowest BCUT2D eigenvalue weighted by Gasteiger charge is -2.65. The minimum Gasteiger partial charge on any atom is -0.334 e. The van der Waals surface area contributed by atoms with Gasteiger partial charge in [-0.25, -0.2) is 0 Å². The fourth-order valence-corrected chi connectivity index (χ4v) is 20.8. The Bertz CT molecular complexity index is 2730. The molecule has 13 rings (SSSR count). The average molecular weight is 951 g/mol. The largest absolute Gasteiger partial charge is 0.334 e. The highest BCUT2D eigenvalue weighted by atomic mass is 32.2. The van der Waals surface area contributed by atoms with Crippen molar-refractivity contribution in [3.8, 4) is 0 Å². The van der Waals surface area contributed by atoms with Crippen molar-refractivity contribution in [2.45, 2.75) is 154 Å². The van der Waals surface area contributed by atoms with Crippen LogP contribution in [0, 0.1) is 52.8 Å². The van der Waals surface area contributed by atoms with E-state index >= 15 is 0 Å². The molecule has 0 N–H and O–H groups in total. The van der Waals surface area contributed by atoms with Gasteiger partial charge < -0.3 is 9.80 Å². The molecule has 0 saturated carbocycles. The van der Waals surface area contributed by atoms with Crippen LogP contribution in [0.1, 0.15) is 99.3 Å². The zero-order valence-corrected chi connectivity index (χ0v) is 45.1. The first-order valence-corrected chi connectivity index (χ1v) is 32.1. The molecule has 5 heterocycles. The highest BCUT2D eigenvalue weighted by Crippen LogP contribution is 2.68. The topological polar surface area (TPSA) is 9.72 Å². The molecule has 1 saturated heterocycles. The van der Waals surface area contributed by atoms with Gasteiger partial charge >= 0.3 is 0 Å². The molecule has 1 fully saturated rings. The summed E-state index contributed by atoms with van der Waals surface area (Å²) in [5.41, 5.74) is 17.3. The Labute approximate surface area is 421 Å². The minimum absolute atomic E-state index is 0.0224. The van der Waals surface area contributed by atoms with Crippen molar-refractivity contribution < 1.29 is 0 Å². The fourth-order valence-electron chi connectivity index (χ4n) is 16.7. The van der Waals surface area contributed by atoms with Crippen LogP contribution in [0.15, 0.2) is 165 Å². The molecule has 360 valence electrons. The maximum Gasteiger partial charge on any atom is 0.131 e. The Kier molecular flexibility index (Phi) is 10.7. The first kappa shape index (κ1) is 45.1. The molecule has 5 aliphatic heterocycles. The molecule has 5 heteroatoms. The Balaban J connectivity index is 1.000. The van der Waals surface area contributed by atoms with Crippen molar-refractivity contribution in [2.24, 2.45) is 52.8 Å². The second-order valence-electron chi connectivity index (χ2n) is 26.3. The van der Waals surface area contributed by atoms with Crippen molar-refractivity contribution in [3.05, 3.63) is 165 Å². The van der Waals surface area contributed by atoms with E-state index < -0.39 is 8.07 Å². The highest BCUT2D eigenvalue weighted by molar-refractivity contribution is 8.04. The van der Waals surface area contributed by atoms with Crippen molar-refractivity contribution >= 4 is 31.2 Å². The lowest BCUT2D eigenvalue weighted by molar-refractivity contribution is -0.0000292. The summed E-state index contributed by atoms with van der Waals surface area (Å²) >= 11 is 2.26. The molecular weight excluding hydrogens is 871 g/mol. The van der Waals surface area contributed by atoms with Gasteiger partial charge in [0.1, 0.15) is 6.17 Å². The maximum atomic E-state index is 3.13. The summed E-state index contributed by atoms with van der Waals surface area (Å²) in [6, 6.07) is 10.6. The van der Waals surface area contributed by atoms with Crippen LogP contribution >= 0.6 is 11.8 Å². The number of hydrogen-bond donors (Lipinski definition) is 0. The van der Waals surface area contributed by atoms with E-state index in [1.54, 1.807) is 44.0 Å². The first-order valence-electron chi connectivity index (χ1n) is 27.6. The second-order valence-corrected chi connectivity index (χ2v) is 33.0. The van der Waals surface area contributed by atoms with Gasteiger partial charge in [0.2, 0.25) is 0 Å². The quantitative estimate of drug-likeness (QED) is 0.199. The molecule has 12 aliphatic rings. The van der Waals surface area contributed by atoms with Gasteiger partial charge in [0, 0.05) is 65.7 Å². The van der Waals surface area contributed by atoms with Crippen LogP contribution in [0.2, 0.25) is 25.2 Å². The monoisotopic (exact) mass is 950 g/mol. The van der Waals surface area contributed by atoms with E-state index in [0.29, 0.717) is 46.8 Å². The van der Waals surface area contributed by atoms with Crippen LogP contribution in [0.5, 0.6) is 0 Å². The second kappa shape index (κ2) is 16.4. The average Bonchev–Trinajstić information content (AvgIpc) is 4.09. The molecule has 0 radical (unpaired) electrons. The normalized spacial score (nSPS) is 38.4. The fraction of sp³-hybridized carbons (Fsp3) is 0.531. The molecular formula is C64H79N3SSi. The molecule has 0 aromatic heterocycles. The third kappa shape index (κ3) is 6.95. The third-order valence-electron chi connectivity index (χ3n) is 19.9. The molecule has 13 unspecified atom stereocenters. The third-order valence-corrected chi connectivity index (χ3v) is 24.2. The number of rotatable bonds is 7. The van der Waals surface area contributed by atoms with E-state index in [4.69, 9.17) is 0 Å². The number of anilines is 2. The molecule has 3 nitrogen and oxygen atoms in total. The van der Waals surface area contributed by atoms with Gasteiger partial charge in [-0.2, -0.15) is 0 Å². The molecule has 1 aromatic carbocycles. The maximum absolute atomic E-state index is 3.13. The van der Waals surface area contributed by atoms with Crippen LogP contribution < -0.4 is 9.80 Å². The van der Waals surface area contributed by atoms with Crippen molar-refractivity contribution in [2.75, 3.05) is 16.3 Å². The van der Waals surface area contributed by atoms with E-state index in [0.717, 1.165) is 36.6 Å². The first-order chi connectivity index (χ1) is 33.2. The van der Waals surface area contributed by atoms with Crippen molar-refractivity contribution in [1.29, 1.82) is 0 Å². The summed E-state index contributed by atoms with van der Waals surface area (Å²) in [5.74, 6) is 4.34. The van der Waals surface area contributed by atoms with Crippen LogP contribution in [0.25, 0.3) is 0 Å². The Morgan fingerprint density at radius 3 is 2.42 bits per heavy atom. The van der Waals surface area contributed by atoms with Gasteiger partial charge in [0.05, 0.1) is 17.4 Å². The number of para-hydroxylation sites is 2. The Morgan fingerprint density at radius 1 is 0.884 bits per heavy atom. The van der Waals surface area contributed by atoms with Crippen LogP contribution in [0.4, 0.5) is 11.4 Å².